The van der Waals surface area contributed by atoms with Crippen LogP contribution in [0, 0.1) is 12.8 Å². The maximum absolute atomic E-state index is 4.10. The number of nitrogens with zero attached hydrogens (tertiary/aromatic N) is 2. The molecule has 0 unspecified atom stereocenters. The number of thioether (sulfide) groups is 1. The summed E-state index contributed by atoms with van der Waals surface area (Å²) in [7, 11) is 0. The van der Waals surface area contributed by atoms with Crippen molar-refractivity contribution in [3.8, 4) is 0 Å². The van der Waals surface area contributed by atoms with Gasteiger partial charge in [-0.1, -0.05) is 0 Å². The van der Waals surface area contributed by atoms with Gasteiger partial charge >= 0.3 is 0 Å². The third-order valence-electron chi connectivity index (χ3n) is 2.71. The first kappa shape index (κ1) is 10.7. The highest BCUT2D eigenvalue weighted by molar-refractivity contribution is 7.99. The van der Waals surface area contributed by atoms with Crippen molar-refractivity contribution in [2.45, 2.75) is 19.8 Å². The normalized spacial score (nSPS) is 17.7. The minimum absolute atomic E-state index is 0.814. The summed E-state index contributed by atoms with van der Waals surface area (Å²) >= 11 is 2.07. The lowest BCUT2D eigenvalue weighted by Gasteiger charge is -2.21. The number of nitrogens with one attached hydrogen (secondary N) is 1. The molecule has 1 saturated heterocycles. The molecule has 0 radical (unpaired) electrons. The quantitative estimate of drug-likeness (QED) is 0.853. The van der Waals surface area contributed by atoms with Gasteiger partial charge in [0.2, 0.25) is 0 Å². The molecule has 1 aliphatic rings. The van der Waals surface area contributed by atoms with Gasteiger partial charge in [-0.05, 0) is 49.3 Å². The molecule has 0 amide bonds. The second kappa shape index (κ2) is 5.35. The minimum atomic E-state index is 0.814. The van der Waals surface area contributed by atoms with E-state index in [-0.39, 0.29) is 0 Å². The molecule has 0 bridgehead atoms. The maximum atomic E-state index is 4.10. The van der Waals surface area contributed by atoms with Crippen molar-refractivity contribution in [1.82, 2.24) is 10.2 Å². The highest BCUT2D eigenvalue weighted by Crippen LogP contribution is 2.22. The zero-order valence-electron chi connectivity index (χ0n) is 9.07. The molecule has 1 aliphatic heterocycles. The molecule has 1 aromatic rings. The van der Waals surface area contributed by atoms with E-state index in [0.717, 1.165) is 24.0 Å². The molecule has 82 valence electrons. The van der Waals surface area contributed by atoms with E-state index in [1.807, 2.05) is 19.1 Å². The average Bonchev–Trinajstić information content (AvgIpc) is 2.30. The molecule has 4 heteroatoms. The highest BCUT2D eigenvalue weighted by Gasteiger charge is 2.13. The number of aromatic nitrogens is 2. The topological polar surface area (TPSA) is 37.8 Å². The second-order valence-corrected chi connectivity index (χ2v) is 5.22. The minimum Gasteiger partial charge on any atom is -0.368 e. The summed E-state index contributed by atoms with van der Waals surface area (Å²) in [6, 6.07) is 3.99. The molecular weight excluding hydrogens is 206 g/mol. The van der Waals surface area contributed by atoms with Gasteiger partial charge in [0.15, 0.2) is 0 Å². The highest BCUT2D eigenvalue weighted by atomic mass is 32.2. The van der Waals surface area contributed by atoms with Gasteiger partial charge in [0.25, 0.3) is 0 Å². The summed E-state index contributed by atoms with van der Waals surface area (Å²) in [5.74, 6) is 4.34. The van der Waals surface area contributed by atoms with Crippen LogP contribution in [0.25, 0.3) is 0 Å². The first-order valence-electron chi connectivity index (χ1n) is 5.46. The van der Waals surface area contributed by atoms with Crippen LogP contribution in [-0.4, -0.2) is 28.2 Å². The van der Waals surface area contributed by atoms with Crippen molar-refractivity contribution in [2.75, 3.05) is 23.4 Å². The van der Waals surface area contributed by atoms with Gasteiger partial charge in [-0.15, -0.1) is 5.10 Å². The van der Waals surface area contributed by atoms with Crippen molar-refractivity contribution in [3.63, 3.8) is 0 Å². The van der Waals surface area contributed by atoms with Gasteiger partial charge in [0, 0.05) is 6.54 Å². The Morgan fingerprint density at radius 1 is 1.33 bits per heavy atom. The SMILES string of the molecule is Cc1ccc(NCC2CCSCC2)nn1. The van der Waals surface area contributed by atoms with E-state index >= 15 is 0 Å². The van der Waals surface area contributed by atoms with Crippen molar-refractivity contribution in [1.29, 1.82) is 0 Å². The van der Waals surface area contributed by atoms with Crippen molar-refractivity contribution in [3.05, 3.63) is 17.8 Å². The third kappa shape index (κ3) is 3.38. The summed E-state index contributed by atoms with van der Waals surface area (Å²) < 4.78 is 0. The molecular formula is C11H17N3S. The number of hydrogen-bond donors (Lipinski definition) is 1. The Kier molecular flexibility index (Phi) is 3.83. The Morgan fingerprint density at radius 2 is 2.13 bits per heavy atom. The molecule has 0 spiro atoms. The van der Waals surface area contributed by atoms with Gasteiger partial charge in [-0.2, -0.15) is 16.9 Å². The lowest BCUT2D eigenvalue weighted by atomic mass is 10.0. The van der Waals surface area contributed by atoms with Crippen LogP contribution in [0.4, 0.5) is 5.82 Å². The van der Waals surface area contributed by atoms with Crippen LogP contribution < -0.4 is 5.32 Å². The molecule has 2 rings (SSSR count). The van der Waals surface area contributed by atoms with Gasteiger partial charge in [-0.25, -0.2) is 0 Å². The standard InChI is InChI=1S/C11H17N3S/c1-9-2-3-11(14-13-9)12-8-10-4-6-15-7-5-10/h2-3,10H,4-8H2,1H3,(H,12,14). The van der Waals surface area contributed by atoms with E-state index in [0.29, 0.717) is 0 Å². The molecule has 1 fully saturated rings. The van der Waals surface area contributed by atoms with E-state index in [2.05, 4.69) is 27.3 Å². The van der Waals surface area contributed by atoms with Gasteiger partial charge < -0.3 is 5.32 Å². The van der Waals surface area contributed by atoms with E-state index in [1.54, 1.807) is 0 Å². The Bertz CT molecular complexity index is 293. The van der Waals surface area contributed by atoms with E-state index in [4.69, 9.17) is 0 Å². The van der Waals surface area contributed by atoms with Crippen LogP contribution in [0.1, 0.15) is 18.5 Å². The van der Waals surface area contributed by atoms with Crippen LogP contribution in [0.15, 0.2) is 12.1 Å². The Hall–Kier alpha value is -0.770. The molecule has 0 saturated carbocycles. The Labute approximate surface area is 95.1 Å². The number of rotatable bonds is 3. The molecule has 3 nitrogen and oxygen atoms in total. The first-order valence-corrected chi connectivity index (χ1v) is 6.62. The molecule has 1 aromatic heterocycles. The number of hydrogen-bond acceptors (Lipinski definition) is 4. The average molecular weight is 223 g/mol. The molecule has 0 atom stereocenters. The molecule has 2 heterocycles. The Morgan fingerprint density at radius 3 is 2.80 bits per heavy atom. The zero-order chi connectivity index (χ0) is 10.5. The molecule has 15 heavy (non-hydrogen) atoms. The summed E-state index contributed by atoms with van der Waals surface area (Å²) in [5.41, 5.74) is 0.967. The smallest absolute Gasteiger partial charge is 0.148 e. The fraction of sp³-hybridized carbons (Fsp3) is 0.636. The fourth-order valence-corrected chi connectivity index (χ4v) is 2.90. The van der Waals surface area contributed by atoms with Crippen molar-refractivity contribution in [2.24, 2.45) is 5.92 Å². The van der Waals surface area contributed by atoms with Crippen molar-refractivity contribution >= 4 is 17.6 Å². The monoisotopic (exact) mass is 223 g/mol. The fourth-order valence-electron chi connectivity index (χ4n) is 1.69. The van der Waals surface area contributed by atoms with Crippen molar-refractivity contribution < 1.29 is 0 Å². The van der Waals surface area contributed by atoms with Gasteiger partial charge in [-0.3, -0.25) is 0 Å². The first-order chi connectivity index (χ1) is 7.34. The maximum Gasteiger partial charge on any atom is 0.148 e. The largest absolute Gasteiger partial charge is 0.368 e. The van der Waals surface area contributed by atoms with E-state index < -0.39 is 0 Å². The lowest BCUT2D eigenvalue weighted by Crippen LogP contribution is -2.19. The van der Waals surface area contributed by atoms with Crippen LogP contribution in [0.2, 0.25) is 0 Å². The van der Waals surface area contributed by atoms with E-state index in [9.17, 15) is 0 Å². The number of anilines is 1. The predicted molar refractivity (Wildman–Crippen MR) is 65.3 cm³/mol. The summed E-state index contributed by atoms with van der Waals surface area (Å²) in [6.45, 7) is 2.99. The van der Waals surface area contributed by atoms with Crippen LogP contribution in [-0.2, 0) is 0 Å². The second-order valence-electron chi connectivity index (χ2n) is 4.00. The third-order valence-corrected chi connectivity index (χ3v) is 3.76. The zero-order valence-corrected chi connectivity index (χ0v) is 9.89. The van der Waals surface area contributed by atoms with Crippen LogP contribution in [0.5, 0.6) is 0 Å². The van der Waals surface area contributed by atoms with Crippen LogP contribution >= 0.6 is 11.8 Å². The summed E-state index contributed by atoms with van der Waals surface area (Å²) in [6.07, 6.45) is 2.66. The molecule has 1 N–H and O–H groups in total. The lowest BCUT2D eigenvalue weighted by molar-refractivity contribution is 0.515. The van der Waals surface area contributed by atoms with Crippen LogP contribution in [0.3, 0.4) is 0 Å². The molecule has 0 aliphatic carbocycles. The predicted octanol–water partition coefficient (Wildman–Crippen LogP) is 2.34. The summed E-state index contributed by atoms with van der Waals surface area (Å²) in [5, 5.41) is 11.5. The van der Waals surface area contributed by atoms with E-state index in [1.165, 1.54) is 24.3 Å². The van der Waals surface area contributed by atoms with Gasteiger partial charge in [0.1, 0.15) is 5.82 Å². The number of aryl methyl sites for hydroxylation is 1. The summed E-state index contributed by atoms with van der Waals surface area (Å²) in [4.78, 5) is 0. The van der Waals surface area contributed by atoms with Gasteiger partial charge in [0.05, 0.1) is 5.69 Å². The Balaban J connectivity index is 1.79. The molecule has 0 aromatic carbocycles.